The Morgan fingerprint density at radius 2 is 2.04 bits per heavy atom. The fraction of sp³-hybridized carbons (Fsp3) is 0.571. The van der Waals surface area contributed by atoms with Gasteiger partial charge in [0.1, 0.15) is 0 Å². The number of ether oxygens (including phenoxy) is 1. The smallest absolute Gasteiger partial charge is 0.321 e. The third kappa shape index (κ3) is 3.09. The monoisotopic (exact) mass is 355 g/mol. The van der Waals surface area contributed by atoms with Crippen LogP contribution in [0, 0.1) is 5.92 Å². The summed E-state index contributed by atoms with van der Waals surface area (Å²) in [7, 11) is 0. The maximum atomic E-state index is 12.5. The van der Waals surface area contributed by atoms with Crippen LogP contribution in [0.4, 0.5) is 10.5 Å². The predicted molar refractivity (Wildman–Crippen MR) is 105 cm³/mol. The van der Waals surface area contributed by atoms with Gasteiger partial charge in [-0.2, -0.15) is 0 Å². The fourth-order valence-corrected chi connectivity index (χ4v) is 4.40. The second-order valence-corrected chi connectivity index (χ2v) is 8.00. The third-order valence-corrected chi connectivity index (χ3v) is 5.71. The van der Waals surface area contributed by atoms with Gasteiger partial charge in [0.15, 0.2) is 0 Å². The minimum Gasteiger partial charge on any atom is -0.378 e. The van der Waals surface area contributed by atoms with Crippen molar-refractivity contribution in [3.05, 3.63) is 29.5 Å². The fourth-order valence-electron chi connectivity index (χ4n) is 4.40. The molecule has 4 rings (SSSR count). The van der Waals surface area contributed by atoms with Gasteiger partial charge in [-0.1, -0.05) is 6.92 Å². The molecule has 5 nitrogen and oxygen atoms in total. The zero-order chi connectivity index (χ0) is 18.3. The second-order valence-electron chi connectivity index (χ2n) is 8.00. The standard InChI is InChI=1S/C21H29N3O2/c1-14(2)24-19-6-4-15(3)12-17(19)18-13-16(5-7-20(18)24)22-21(25)23-8-10-26-11-9-23/h5,7,13-15H,4,6,8-12H2,1-3H3,(H,22,25). The molecule has 2 heterocycles. The molecule has 26 heavy (non-hydrogen) atoms. The number of hydrogen-bond donors (Lipinski definition) is 1. The van der Waals surface area contributed by atoms with E-state index >= 15 is 0 Å². The molecule has 0 bridgehead atoms. The average Bonchev–Trinajstić information content (AvgIpc) is 2.96. The van der Waals surface area contributed by atoms with Crippen molar-refractivity contribution in [3.63, 3.8) is 0 Å². The Kier molecular flexibility index (Phi) is 4.65. The topological polar surface area (TPSA) is 46.5 Å². The highest BCUT2D eigenvalue weighted by Gasteiger charge is 2.25. The highest BCUT2D eigenvalue weighted by Crippen LogP contribution is 2.37. The summed E-state index contributed by atoms with van der Waals surface area (Å²) in [5.74, 6) is 0.723. The van der Waals surface area contributed by atoms with Gasteiger partial charge in [0.2, 0.25) is 0 Å². The number of benzene rings is 1. The first-order valence-electron chi connectivity index (χ1n) is 9.84. The summed E-state index contributed by atoms with van der Waals surface area (Å²) >= 11 is 0. The van der Waals surface area contributed by atoms with Crippen molar-refractivity contribution in [2.45, 2.75) is 46.1 Å². The summed E-state index contributed by atoms with van der Waals surface area (Å²) in [6.45, 7) is 9.41. The summed E-state index contributed by atoms with van der Waals surface area (Å²) in [6, 6.07) is 6.80. The molecule has 1 aromatic heterocycles. The first-order valence-corrected chi connectivity index (χ1v) is 9.84. The maximum absolute atomic E-state index is 12.5. The normalized spacial score (nSPS) is 20.5. The number of amides is 2. The number of anilines is 1. The third-order valence-electron chi connectivity index (χ3n) is 5.71. The number of aromatic nitrogens is 1. The van der Waals surface area contributed by atoms with E-state index in [-0.39, 0.29) is 6.03 Å². The van der Waals surface area contributed by atoms with Crippen molar-refractivity contribution in [3.8, 4) is 0 Å². The Bertz CT molecular complexity index is 818. The lowest BCUT2D eigenvalue weighted by Gasteiger charge is -2.27. The molecule has 1 N–H and O–H groups in total. The Morgan fingerprint density at radius 3 is 2.77 bits per heavy atom. The first-order chi connectivity index (χ1) is 12.5. The number of fused-ring (bicyclic) bond motifs is 3. The molecule has 2 aromatic rings. The van der Waals surface area contributed by atoms with E-state index in [2.05, 4.69) is 42.8 Å². The van der Waals surface area contributed by atoms with Gasteiger partial charge in [-0.05, 0) is 62.8 Å². The lowest BCUT2D eigenvalue weighted by molar-refractivity contribution is 0.0564. The molecule has 1 saturated heterocycles. The van der Waals surface area contributed by atoms with Crippen LogP contribution in [-0.4, -0.2) is 41.8 Å². The number of nitrogens with one attached hydrogen (secondary N) is 1. The molecule has 0 radical (unpaired) electrons. The second kappa shape index (κ2) is 6.95. The van der Waals surface area contributed by atoms with Crippen LogP contribution in [0.2, 0.25) is 0 Å². The molecule has 0 spiro atoms. The molecule has 1 aliphatic heterocycles. The largest absolute Gasteiger partial charge is 0.378 e. The lowest BCUT2D eigenvalue weighted by atomic mass is 9.87. The van der Waals surface area contributed by atoms with E-state index in [0.717, 1.165) is 24.4 Å². The summed E-state index contributed by atoms with van der Waals surface area (Å²) in [5, 5.41) is 4.39. The molecular weight excluding hydrogens is 326 g/mol. The van der Waals surface area contributed by atoms with Crippen LogP contribution >= 0.6 is 0 Å². The number of morpholine rings is 1. The van der Waals surface area contributed by atoms with Gasteiger partial charge in [-0.25, -0.2) is 4.79 Å². The quantitative estimate of drug-likeness (QED) is 0.877. The van der Waals surface area contributed by atoms with Crippen LogP contribution in [0.1, 0.15) is 44.5 Å². The number of urea groups is 1. The van der Waals surface area contributed by atoms with Crippen molar-refractivity contribution in [1.29, 1.82) is 0 Å². The highest BCUT2D eigenvalue weighted by atomic mass is 16.5. The number of nitrogens with zero attached hydrogens (tertiary/aromatic N) is 2. The number of rotatable bonds is 2. The Hall–Kier alpha value is -2.01. The Labute approximate surface area is 155 Å². The first kappa shape index (κ1) is 17.4. The van der Waals surface area contributed by atoms with E-state index in [9.17, 15) is 4.79 Å². The van der Waals surface area contributed by atoms with Gasteiger partial charge in [0.25, 0.3) is 0 Å². The zero-order valence-electron chi connectivity index (χ0n) is 16.0. The van der Waals surface area contributed by atoms with Crippen LogP contribution in [0.5, 0.6) is 0 Å². The number of carbonyl (C=O) groups is 1. The van der Waals surface area contributed by atoms with E-state index in [4.69, 9.17) is 4.74 Å². The van der Waals surface area contributed by atoms with Crippen molar-refractivity contribution in [1.82, 2.24) is 9.47 Å². The van der Waals surface area contributed by atoms with Crippen LogP contribution in [0.25, 0.3) is 10.9 Å². The average molecular weight is 355 g/mol. The minimum absolute atomic E-state index is 0.0295. The molecule has 1 atom stereocenters. The number of hydrogen-bond acceptors (Lipinski definition) is 2. The van der Waals surface area contributed by atoms with E-state index in [0.29, 0.717) is 32.3 Å². The van der Waals surface area contributed by atoms with E-state index in [1.807, 2.05) is 11.0 Å². The molecule has 2 amide bonds. The van der Waals surface area contributed by atoms with Gasteiger partial charge in [-0.3, -0.25) is 0 Å². The molecule has 1 aliphatic carbocycles. The number of carbonyl (C=O) groups excluding carboxylic acids is 1. The molecule has 1 aromatic carbocycles. The predicted octanol–water partition coefficient (Wildman–Crippen LogP) is 4.21. The van der Waals surface area contributed by atoms with Crippen molar-refractivity contribution in [2.75, 3.05) is 31.6 Å². The van der Waals surface area contributed by atoms with Crippen LogP contribution in [0.3, 0.4) is 0 Å². The molecule has 0 saturated carbocycles. The van der Waals surface area contributed by atoms with Crippen molar-refractivity contribution in [2.24, 2.45) is 5.92 Å². The van der Waals surface area contributed by atoms with Crippen LogP contribution in [-0.2, 0) is 17.6 Å². The van der Waals surface area contributed by atoms with Gasteiger partial charge in [-0.15, -0.1) is 0 Å². The molecule has 5 heteroatoms. The molecule has 2 aliphatic rings. The Morgan fingerprint density at radius 1 is 1.27 bits per heavy atom. The van der Waals surface area contributed by atoms with E-state index in [1.54, 1.807) is 0 Å². The zero-order valence-corrected chi connectivity index (χ0v) is 16.0. The molecule has 140 valence electrons. The maximum Gasteiger partial charge on any atom is 0.321 e. The van der Waals surface area contributed by atoms with Crippen molar-refractivity contribution >= 4 is 22.6 Å². The van der Waals surface area contributed by atoms with Gasteiger partial charge >= 0.3 is 6.03 Å². The highest BCUT2D eigenvalue weighted by molar-refractivity contribution is 5.94. The van der Waals surface area contributed by atoms with Gasteiger partial charge < -0.3 is 19.5 Å². The summed E-state index contributed by atoms with van der Waals surface area (Å²) in [6.07, 6.45) is 3.54. The van der Waals surface area contributed by atoms with Gasteiger partial charge in [0.05, 0.1) is 13.2 Å². The van der Waals surface area contributed by atoms with Crippen molar-refractivity contribution < 1.29 is 9.53 Å². The van der Waals surface area contributed by atoms with Gasteiger partial charge in [0, 0.05) is 41.4 Å². The summed E-state index contributed by atoms with van der Waals surface area (Å²) < 4.78 is 7.82. The molecular formula is C21H29N3O2. The summed E-state index contributed by atoms with van der Waals surface area (Å²) in [5.41, 5.74) is 5.15. The van der Waals surface area contributed by atoms with Crippen LogP contribution in [0.15, 0.2) is 18.2 Å². The summed E-state index contributed by atoms with van der Waals surface area (Å²) in [4.78, 5) is 14.3. The SMILES string of the molecule is CC1CCc2c(c3cc(NC(=O)N4CCOCC4)ccc3n2C(C)C)C1. The Balaban J connectivity index is 1.68. The van der Waals surface area contributed by atoms with E-state index in [1.165, 1.54) is 28.6 Å². The van der Waals surface area contributed by atoms with Crippen LogP contribution < -0.4 is 5.32 Å². The molecule has 1 unspecified atom stereocenters. The molecule has 1 fully saturated rings. The lowest BCUT2D eigenvalue weighted by Crippen LogP contribution is -2.43. The minimum atomic E-state index is -0.0295. The van der Waals surface area contributed by atoms with E-state index < -0.39 is 0 Å².